The third kappa shape index (κ3) is 4.12. The fourth-order valence-corrected chi connectivity index (χ4v) is 0.895. The van der Waals surface area contributed by atoms with E-state index in [1.165, 1.54) is 11.4 Å². The molecular formula is C10H14N4O. The van der Waals surface area contributed by atoms with Crippen LogP contribution in [0.4, 0.5) is 0 Å². The highest BCUT2D eigenvalue weighted by molar-refractivity contribution is 5.54. The van der Waals surface area contributed by atoms with Crippen LogP contribution in [0.5, 0.6) is 5.88 Å². The minimum atomic E-state index is 0.225. The van der Waals surface area contributed by atoms with E-state index in [1.807, 2.05) is 19.1 Å². The molecule has 0 bridgehead atoms. The third-order valence-electron chi connectivity index (χ3n) is 1.49. The fraction of sp³-hybridized carbons (Fsp3) is 0.200. The largest absolute Gasteiger partial charge is 0.384 e. The lowest BCUT2D eigenvalue weighted by atomic mass is 10.4. The van der Waals surface area contributed by atoms with Gasteiger partial charge in [0.05, 0.1) is 0 Å². The van der Waals surface area contributed by atoms with Crippen molar-refractivity contribution < 1.29 is 4.84 Å². The number of aryl methyl sites for hydroxylation is 1. The molecule has 0 radical (unpaired) electrons. The first kappa shape index (κ1) is 11.0. The Bertz CT molecular complexity index is 375. The second-order valence-electron chi connectivity index (χ2n) is 2.99. The van der Waals surface area contributed by atoms with Crippen molar-refractivity contribution in [1.29, 1.82) is 0 Å². The molecular weight excluding hydrogens is 192 g/mol. The summed E-state index contributed by atoms with van der Waals surface area (Å²) >= 11 is 0. The van der Waals surface area contributed by atoms with Crippen LogP contribution in [0.2, 0.25) is 0 Å². The topological polar surface area (TPSA) is 63.7 Å². The summed E-state index contributed by atoms with van der Waals surface area (Å²) in [5.74, 6) is 0.731. The van der Waals surface area contributed by atoms with Crippen molar-refractivity contribution in [3.8, 4) is 5.88 Å². The molecule has 0 atom stereocenters. The van der Waals surface area contributed by atoms with Crippen molar-refractivity contribution in [2.75, 3.05) is 7.05 Å². The molecule has 1 heterocycles. The van der Waals surface area contributed by atoms with Gasteiger partial charge in [0.15, 0.2) is 0 Å². The molecule has 0 amide bonds. The standard InChI is InChI=1S/C10H14N4O/c1-8-5-4-6-10(13-8)15-14(3)7-12-9(2)11/h4-7H,2,11H2,1,3H3. The van der Waals surface area contributed by atoms with Crippen LogP contribution in [0.15, 0.2) is 35.6 Å². The van der Waals surface area contributed by atoms with Gasteiger partial charge in [0, 0.05) is 18.8 Å². The summed E-state index contributed by atoms with van der Waals surface area (Å²) in [6.45, 7) is 5.32. The van der Waals surface area contributed by atoms with Crippen molar-refractivity contribution in [1.82, 2.24) is 10.0 Å². The summed E-state index contributed by atoms with van der Waals surface area (Å²) in [5.41, 5.74) is 6.16. The Hall–Kier alpha value is -2.04. The first-order valence-electron chi connectivity index (χ1n) is 4.41. The van der Waals surface area contributed by atoms with Crippen molar-refractivity contribution in [3.63, 3.8) is 0 Å². The molecule has 1 rings (SSSR count). The Morgan fingerprint density at radius 3 is 3.00 bits per heavy atom. The number of hydroxylamine groups is 2. The molecule has 80 valence electrons. The summed E-state index contributed by atoms with van der Waals surface area (Å²) < 4.78 is 0. The van der Waals surface area contributed by atoms with Gasteiger partial charge in [0.1, 0.15) is 12.2 Å². The van der Waals surface area contributed by atoms with E-state index in [9.17, 15) is 0 Å². The zero-order valence-corrected chi connectivity index (χ0v) is 8.84. The summed E-state index contributed by atoms with van der Waals surface area (Å²) in [7, 11) is 1.69. The molecule has 2 N–H and O–H groups in total. The lowest BCUT2D eigenvalue weighted by molar-refractivity contribution is 0.0478. The van der Waals surface area contributed by atoms with E-state index in [4.69, 9.17) is 10.6 Å². The van der Waals surface area contributed by atoms with Crippen LogP contribution in [0.25, 0.3) is 0 Å². The van der Waals surface area contributed by atoms with Crippen LogP contribution in [-0.4, -0.2) is 23.4 Å². The summed E-state index contributed by atoms with van der Waals surface area (Å²) in [6.07, 6.45) is 1.42. The van der Waals surface area contributed by atoms with E-state index in [2.05, 4.69) is 16.6 Å². The van der Waals surface area contributed by atoms with E-state index < -0.39 is 0 Å². The minimum absolute atomic E-state index is 0.225. The van der Waals surface area contributed by atoms with E-state index >= 15 is 0 Å². The van der Waals surface area contributed by atoms with Crippen LogP contribution in [0.3, 0.4) is 0 Å². The van der Waals surface area contributed by atoms with Gasteiger partial charge in [0.2, 0.25) is 5.88 Å². The highest BCUT2D eigenvalue weighted by Gasteiger charge is 1.98. The number of rotatable bonds is 4. The van der Waals surface area contributed by atoms with Gasteiger partial charge in [-0.3, -0.25) is 0 Å². The van der Waals surface area contributed by atoms with E-state index in [0.29, 0.717) is 5.88 Å². The van der Waals surface area contributed by atoms with Gasteiger partial charge >= 0.3 is 0 Å². The van der Waals surface area contributed by atoms with Crippen molar-refractivity contribution in [2.24, 2.45) is 10.7 Å². The average Bonchev–Trinajstić information content (AvgIpc) is 2.15. The van der Waals surface area contributed by atoms with Crippen molar-refractivity contribution in [3.05, 3.63) is 36.3 Å². The summed E-state index contributed by atoms with van der Waals surface area (Å²) in [4.78, 5) is 13.3. The Labute approximate surface area is 88.8 Å². The van der Waals surface area contributed by atoms with Crippen LogP contribution < -0.4 is 10.6 Å². The maximum absolute atomic E-state index is 5.32. The number of nitrogens with two attached hydrogens (primary N) is 1. The Balaban J connectivity index is 2.58. The first-order valence-corrected chi connectivity index (χ1v) is 4.41. The van der Waals surface area contributed by atoms with Gasteiger partial charge in [-0.25, -0.2) is 15.0 Å². The van der Waals surface area contributed by atoms with Crippen LogP contribution >= 0.6 is 0 Å². The fourth-order valence-electron chi connectivity index (χ4n) is 0.895. The Morgan fingerprint density at radius 1 is 1.67 bits per heavy atom. The van der Waals surface area contributed by atoms with Gasteiger partial charge in [-0.05, 0) is 13.0 Å². The smallest absolute Gasteiger partial charge is 0.246 e. The zero-order chi connectivity index (χ0) is 11.3. The normalized spacial score (nSPS) is 10.3. The van der Waals surface area contributed by atoms with Gasteiger partial charge < -0.3 is 10.6 Å². The van der Waals surface area contributed by atoms with Crippen LogP contribution in [-0.2, 0) is 0 Å². The lowest BCUT2D eigenvalue weighted by Gasteiger charge is -2.13. The number of nitrogens with zero attached hydrogens (tertiary/aromatic N) is 3. The monoisotopic (exact) mass is 206 g/mol. The molecule has 1 aromatic heterocycles. The van der Waals surface area contributed by atoms with Crippen molar-refractivity contribution in [2.45, 2.75) is 6.92 Å². The summed E-state index contributed by atoms with van der Waals surface area (Å²) in [6, 6.07) is 5.52. The van der Waals surface area contributed by atoms with E-state index in [-0.39, 0.29) is 5.82 Å². The van der Waals surface area contributed by atoms with Gasteiger partial charge in [0.25, 0.3) is 0 Å². The number of hydrogen-bond donors (Lipinski definition) is 1. The lowest BCUT2D eigenvalue weighted by Crippen LogP contribution is -2.21. The first-order chi connectivity index (χ1) is 7.08. The molecule has 0 aliphatic rings. The Morgan fingerprint density at radius 2 is 2.40 bits per heavy atom. The second-order valence-corrected chi connectivity index (χ2v) is 2.99. The number of hydrogen-bond acceptors (Lipinski definition) is 4. The maximum atomic E-state index is 5.32. The molecule has 0 fully saturated rings. The van der Waals surface area contributed by atoms with Gasteiger partial charge in [-0.15, -0.1) is 0 Å². The number of aliphatic imine (C=N–C) groups is 1. The molecule has 0 saturated heterocycles. The molecule has 0 spiro atoms. The zero-order valence-electron chi connectivity index (χ0n) is 8.84. The number of aromatic nitrogens is 1. The molecule has 0 unspecified atom stereocenters. The van der Waals surface area contributed by atoms with Gasteiger partial charge in [-0.1, -0.05) is 12.6 Å². The molecule has 0 saturated carbocycles. The highest BCUT2D eigenvalue weighted by atomic mass is 16.7. The quantitative estimate of drug-likeness (QED) is 0.455. The second kappa shape index (κ2) is 4.99. The predicted octanol–water partition coefficient (Wildman–Crippen LogP) is 1.07. The molecule has 15 heavy (non-hydrogen) atoms. The van der Waals surface area contributed by atoms with Crippen LogP contribution in [0, 0.1) is 6.92 Å². The van der Waals surface area contributed by atoms with Crippen LogP contribution in [0.1, 0.15) is 5.69 Å². The van der Waals surface area contributed by atoms with Crippen molar-refractivity contribution >= 4 is 6.34 Å². The molecule has 5 nitrogen and oxygen atoms in total. The molecule has 0 aromatic carbocycles. The SMILES string of the molecule is C=C(N)N=CN(C)Oc1cccc(C)n1. The highest BCUT2D eigenvalue weighted by Crippen LogP contribution is 2.07. The van der Waals surface area contributed by atoms with Gasteiger partial charge in [-0.2, -0.15) is 0 Å². The minimum Gasteiger partial charge on any atom is -0.384 e. The molecule has 1 aromatic rings. The summed E-state index contributed by atoms with van der Waals surface area (Å²) in [5, 5.41) is 1.40. The molecule has 0 aliphatic heterocycles. The molecule has 0 aliphatic carbocycles. The molecule has 5 heteroatoms. The Kier molecular flexibility index (Phi) is 3.68. The average molecular weight is 206 g/mol. The van der Waals surface area contributed by atoms with E-state index in [1.54, 1.807) is 13.1 Å². The van der Waals surface area contributed by atoms with E-state index in [0.717, 1.165) is 5.69 Å². The third-order valence-corrected chi connectivity index (χ3v) is 1.49. The maximum Gasteiger partial charge on any atom is 0.246 e. The predicted molar refractivity (Wildman–Crippen MR) is 59.2 cm³/mol. The number of pyridine rings is 1.